The molecule has 1 unspecified atom stereocenters. The predicted octanol–water partition coefficient (Wildman–Crippen LogP) is 2.12. The van der Waals surface area contributed by atoms with E-state index in [2.05, 4.69) is 20.6 Å². The molecule has 0 bridgehead atoms. The maximum Gasteiger partial charge on any atom is 0.414 e. The Hall–Kier alpha value is -4.28. The van der Waals surface area contributed by atoms with Gasteiger partial charge >= 0.3 is 6.09 Å². The van der Waals surface area contributed by atoms with Gasteiger partial charge in [0.2, 0.25) is 5.91 Å². The molecule has 1 aliphatic heterocycles. The van der Waals surface area contributed by atoms with Crippen LogP contribution in [0.4, 0.5) is 20.6 Å². The summed E-state index contributed by atoms with van der Waals surface area (Å²) in [5.74, 6) is -1.31. The van der Waals surface area contributed by atoms with Gasteiger partial charge in [0.25, 0.3) is 5.91 Å². The molecule has 0 radical (unpaired) electrons. The number of hydrogen-bond acceptors (Lipinski definition) is 6. The van der Waals surface area contributed by atoms with Gasteiger partial charge in [-0.2, -0.15) is 0 Å². The van der Waals surface area contributed by atoms with Crippen LogP contribution in [0.15, 0.2) is 55.2 Å². The van der Waals surface area contributed by atoms with E-state index >= 15 is 0 Å². The third kappa shape index (κ3) is 4.56. The van der Waals surface area contributed by atoms with Crippen LogP contribution in [0.1, 0.15) is 17.4 Å². The number of imidazole rings is 1. The van der Waals surface area contributed by atoms with Gasteiger partial charge < -0.3 is 19.9 Å². The Labute approximate surface area is 182 Å². The van der Waals surface area contributed by atoms with E-state index in [9.17, 15) is 18.8 Å². The standard InChI is InChI=1S/C21H19FN6O4/c1-13(29)24-9-16-10-28(21(31)32-16)15-4-5-19(17(22)7-15)27-11-18(25-12-27)20(30)26-14-3-2-6-23-8-14/h2-8,11-12,16H,9-10H2,1H3,(H,24,29)(H,26,30). The summed E-state index contributed by atoms with van der Waals surface area (Å²) in [6, 6.07) is 7.61. The quantitative estimate of drug-likeness (QED) is 0.609. The van der Waals surface area contributed by atoms with Gasteiger partial charge in [-0.15, -0.1) is 0 Å². The first-order valence-corrected chi connectivity index (χ1v) is 9.68. The van der Waals surface area contributed by atoms with Crippen LogP contribution in [0.5, 0.6) is 0 Å². The van der Waals surface area contributed by atoms with E-state index < -0.39 is 23.9 Å². The zero-order chi connectivity index (χ0) is 22.7. The Morgan fingerprint density at radius 2 is 2.16 bits per heavy atom. The van der Waals surface area contributed by atoms with Crippen LogP contribution >= 0.6 is 0 Å². The number of halogens is 1. The lowest BCUT2D eigenvalue weighted by Gasteiger charge is -2.14. The highest BCUT2D eigenvalue weighted by Crippen LogP contribution is 2.25. The van der Waals surface area contributed by atoms with Gasteiger partial charge in [-0.25, -0.2) is 14.2 Å². The number of aromatic nitrogens is 3. The van der Waals surface area contributed by atoms with Crippen molar-refractivity contribution >= 4 is 29.3 Å². The first-order chi connectivity index (χ1) is 15.4. The zero-order valence-corrected chi connectivity index (χ0v) is 17.0. The second-order valence-corrected chi connectivity index (χ2v) is 7.05. The molecule has 4 rings (SSSR count). The smallest absolute Gasteiger partial charge is 0.414 e. The Morgan fingerprint density at radius 1 is 1.31 bits per heavy atom. The molecule has 1 saturated heterocycles. The van der Waals surface area contributed by atoms with Crippen molar-refractivity contribution in [2.45, 2.75) is 13.0 Å². The number of amides is 3. The van der Waals surface area contributed by atoms with E-state index in [1.807, 2.05) is 0 Å². The number of benzene rings is 1. The Kier molecular flexibility index (Phi) is 5.79. The van der Waals surface area contributed by atoms with Gasteiger partial charge in [0, 0.05) is 19.3 Å². The van der Waals surface area contributed by atoms with Crippen LogP contribution < -0.4 is 15.5 Å². The number of anilines is 2. The third-order valence-electron chi connectivity index (χ3n) is 4.71. The van der Waals surface area contributed by atoms with Crippen LogP contribution in [-0.2, 0) is 9.53 Å². The molecule has 10 nitrogen and oxygen atoms in total. The number of pyridine rings is 1. The molecule has 0 saturated carbocycles. The molecule has 2 N–H and O–H groups in total. The Balaban J connectivity index is 1.46. The maximum atomic E-state index is 14.8. The zero-order valence-electron chi connectivity index (χ0n) is 17.0. The van der Waals surface area contributed by atoms with Crippen molar-refractivity contribution in [2.75, 3.05) is 23.3 Å². The van der Waals surface area contributed by atoms with Gasteiger partial charge in [-0.1, -0.05) is 0 Å². The number of cyclic esters (lactones) is 1. The Bertz CT molecular complexity index is 1170. The lowest BCUT2D eigenvalue weighted by atomic mass is 10.2. The summed E-state index contributed by atoms with van der Waals surface area (Å²) in [6.07, 6.45) is 4.66. The largest absolute Gasteiger partial charge is 0.442 e. The summed E-state index contributed by atoms with van der Waals surface area (Å²) in [4.78, 5) is 44.7. The lowest BCUT2D eigenvalue weighted by molar-refractivity contribution is -0.119. The maximum absolute atomic E-state index is 14.8. The number of carbonyl (C=O) groups is 3. The van der Waals surface area contributed by atoms with Gasteiger partial charge in [0.15, 0.2) is 0 Å². The van der Waals surface area contributed by atoms with E-state index in [0.717, 1.165) is 0 Å². The van der Waals surface area contributed by atoms with Crippen molar-refractivity contribution in [3.63, 3.8) is 0 Å². The van der Waals surface area contributed by atoms with E-state index in [1.165, 1.54) is 47.2 Å². The molecule has 1 fully saturated rings. The van der Waals surface area contributed by atoms with E-state index in [1.54, 1.807) is 24.4 Å². The fraction of sp³-hybridized carbons (Fsp3) is 0.190. The van der Waals surface area contributed by atoms with Gasteiger partial charge in [0.05, 0.1) is 36.3 Å². The first kappa shape index (κ1) is 21.0. The van der Waals surface area contributed by atoms with Crippen molar-refractivity contribution < 1.29 is 23.5 Å². The molecule has 1 aliphatic rings. The minimum absolute atomic E-state index is 0.0984. The summed E-state index contributed by atoms with van der Waals surface area (Å²) >= 11 is 0. The average molecular weight is 438 g/mol. The molecule has 1 atom stereocenters. The molecular formula is C21H19FN6O4. The molecule has 11 heteroatoms. The van der Waals surface area contributed by atoms with Crippen LogP contribution in [0, 0.1) is 5.82 Å². The van der Waals surface area contributed by atoms with E-state index in [4.69, 9.17) is 4.74 Å². The van der Waals surface area contributed by atoms with Crippen molar-refractivity contribution in [3.05, 3.63) is 66.8 Å². The molecule has 32 heavy (non-hydrogen) atoms. The molecule has 0 spiro atoms. The van der Waals surface area contributed by atoms with Crippen LogP contribution in [0.2, 0.25) is 0 Å². The van der Waals surface area contributed by atoms with Crippen molar-refractivity contribution in [3.8, 4) is 5.69 Å². The lowest BCUT2D eigenvalue weighted by Crippen LogP contribution is -2.33. The van der Waals surface area contributed by atoms with E-state index in [-0.39, 0.29) is 30.4 Å². The number of ether oxygens (including phenoxy) is 1. The summed E-state index contributed by atoms with van der Waals surface area (Å²) in [5.41, 5.74) is 1.08. The number of hydrogen-bond donors (Lipinski definition) is 2. The van der Waals surface area contributed by atoms with E-state index in [0.29, 0.717) is 11.4 Å². The fourth-order valence-electron chi connectivity index (χ4n) is 3.17. The molecule has 2 aromatic heterocycles. The summed E-state index contributed by atoms with van der Waals surface area (Å²) in [5, 5.41) is 5.24. The topological polar surface area (TPSA) is 118 Å². The number of rotatable bonds is 6. The summed E-state index contributed by atoms with van der Waals surface area (Å²) < 4.78 is 21.4. The Morgan fingerprint density at radius 3 is 2.88 bits per heavy atom. The van der Waals surface area contributed by atoms with Crippen molar-refractivity contribution in [2.24, 2.45) is 0 Å². The second kappa shape index (κ2) is 8.84. The minimum Gasteiger partial charge on any atom is -0.442 e. The fourth-order valence-corrected chi connectivity index (χ4v) is 3.17. The minimum atomic E-state index is -0.621. The SMILES string of the molecule is CC(=O)NCC1CN(c2ccc(-n3cnc(C(=O)Nc4cccnc4)c3)c(F)c2)C(=O)O1. The van der Waals surface area contributed by atoms with Crippen molar-refractivity contribution in [1.82, 2.24) is 19.9 Å². The van der Waals surface area contributed by atoms with Crippen molar-refractivity contribution in [1.29, 1.82) is 0 Å². The number of nitrogens with one attached hydrogen (secondary N) is 2. The van der Waals surface area contributed by atoms with Crippen LogP contribution in [0.3, 0.4) is 0 Å². The van der Waals surface area contributed by atoms with Crippen LogP contribution in [-0.4, -0.2) is 51.6 Å². The summed E-state index contributed by atoms with van der Waals surface area (Å²) in [7, 11) is 0. The monoisotopic (exact) mass is 438 g/mol. The van der Waals surface area contributed by atoms with Gasteiger partial charge in [-0.05, 0) is 30.3 Å². The average Bonchev–Trinajstić information content (AvgIpc) is 3.40. The highest BCUT2D eigenvalue weighted by Gasteiger charge is 2.32. The third-order valence-corrected chi connectivity index (χ3v) is 4.71. The van der Waals surface area contributed by atoms with Crippen LogP contribution in [0.25, 0.3) is 5.69 Å². The number of nitrogens with zero attached hydrogens (tertiary/aromatic N) is 4. The molecule has 3 aromatic rings. The molecule has 164 valence electrons. The van der Waals surface area contributed by atoms with Gasteiger partial charge in [-0.3, -0.25) is 19.5 Å². The molecule has 1 aromatic carbocycles. The highest BCUT2D eigenvalue weighted by atomic mass is 19.1. The predicted molar refractivity (Wildman–Crippen MR) is 112 cm³/mol. The first-order valence-electron chi connectivity index (χ1n) is 9.68. The molecular weight excluding hydrogens is 419 g/mol. The highest BCUT2D eigenvalue weighted by molar-refractivity contribution is 6.02. The van der Waals surface area contributed by atoms with Gasteiger partial charge in [0.1, 0.15) is 23.9 Å². The normalized spacial score (nSPS) is 15.4. The second-order valence-electron chi connectivity index (χ2n) is 7.05. The molecule has 3 heterocycles. The molecule has 0 aliphatic carbocycles. The number of carbonyl (C=O) groups excluding carboxylic acids is 3. The summed E-state index contributed by atoms with van der Waals surface area (Å²) in [6.45, 7) is 1.73. The molecule has 3 amide bonds.